The molecule has 2 aromatic rings. The Morgan fingerprint density at radius 2 is 1.93 bits per heavy atom. The number of amides is 2. The maximum atomic E-state index is 12.8. The largest absolute Gasteiger partial charge is 0.483 e. The molecule has 0 heterocycles. The van der Waals surface area contributed by atoms with E-state index in [2.05, 4.69) is 5.32 Å². The molecule has 27 heavy (non-hydrogen) atoms. The first-order valence-electron chi connectivity index (χ1n) is 8.77. The van der Waals surface area contributed by atoms with Gasteiger partial charge in [0.2, 0.25) is 5.91 Å². The van der Waals surface area contributed by atoms with Crippen molar-refractivity contribution in [1.29, 1.82) is 0 Å². The van der Waals surface area contributed by atoms with Crippen LogP contribution in [0.25, 0.3) is 0 Å². The molecule has 0 radical (unpaired) electrons. The fourth-order valence-electron chi connectivity index (χ4n) is 2.81. The fourth-order valence-corrected chi connectivity index (χ4v) is 3.02. The van der Waals surface area contributed by atoms with Gasteiger partial charge >= 0.3 is 0 Å². The number of benzene rings is 2. The summed E-state index contributed by atoms with van der Waals surface area (Å²) < 4.78 is 5.71. The SMILES string of the molecule is CNC(=O)[C@@H](C)N(Cc1cccc(Cl)c1)C(=O)COc1ccc(C)cc1C. The van der Waals surface area contributed by atoms with Gasteiger partial charge in [0.25, 0.3) is 5.91 Å². The van der Waals surface area contributed by atoms with Gasteiger partial charge in [-0.25, -0.2) is 0 Å². The maximum Gasteiger partial charge on any atom is 0.261 e. The molecule has 2 rings (SSSR count). The smallest absolute Gasteiger partial charge is 0.261 e. The van der Waals surface area contributed by atoms with E-state index in [0.29, 0.717) is 10.8 Å². The Kier molecular flexibility index (Phi) is 7.25. The third-order valence-corrected chi connectivity index (χ3v) is 4.57. The number of carbonyl (C=O) groups excluding carboxylic acids is 2. The van der Waals surface area contributed by atoms with Crippen molar-refractivity contribution in [2.24, 2.45) is 0 Å². The van der Waals surface area contributed by atoms with Crippen LogP contribution in [0.1, 0.15) is 23.6 Å². The molecule has 6 heteroatoms. The van der Waals surface area contributed by atoms with Crippen LogP contribution in [0.4, 0.5) is 0 Å². The zero-order chi connectivity index (χ0) is 20.0. The summed E-state index contributed by atoms with van der Waals surface area (Å²) in [4.78, 5) is 26.4. The molecular weight excluding hydrogens is 364 g/mol. The van der Waals surface area contributed by atoms with E-state index >= 15 is 0 Å². The van der Waals surface area contributed by atoms with Crippen LogP contribution < -0.4 is 10.1 Å². The van der Waals surface area contributed by atoms with Gasteiger partial charge in [-0.2, -0.15) is 0 Å². The molecular formula is C21H25ClN2O3. The first kappa shape index (κ1) is 20.8. The van der Waals surface area contributed by atoms with Gasteiger partial charge in [-0.1, -0.05) is 41.4 Å². The van der Waals surface area contributed by atoms with E-state index in [9.17, 15) is 9.59 Å². The number of likely N-dealkylation sites (N-methyl/N-ethyl adjacent to an activating group) is 1. The van der Waals surface area contributed by atoms with E-state index in [4.69, 9.17) is 16.3 Å². The van der Waals surface area contributed by atoms with Gasteiger partial charge in [0.15, 0.2) is 6.61 Å². The molecule has 2 aromatic carbocycles. The van der Waals surface area contributed by atoms with Crippen LogP contribution in [0.2, 0.25) is 5.02 Å². The minimum absolute atomic E-state index is 0.147. The van der Waals surface area contributed by atoms with Crippen LogP contribution in [0.3, 0.4) is 0 Å². The molecule has 144 valence electrons. The summed E-state index contributed by atoms with van der Waals surface area (Å²) in [5, 5.41) is 3.17. The monoisotopic (exact) mass is 388 g/mol. The van der Waals surface area contributed by atoms with Crippen molar-refractivity contribution in [3.63, 3.8) is 0 Å². The Morgan fingerprint density at radius 3 is 2.56 bits per heavy atom. The van der Waals surface area contributed by atoms with Crippen molar-refractivity contribution < 1.29 is 14.3 Å². The van der Waals surface area contributed by atoms with E-state index in [1.165, 1.54) is 4.90 Å². The molecule has 1 atom stereocenters. The Hall–Kier alpha value is -2.53. The second-order valence-electron chi connectivity index (χ2n) is 6.50. The molecule has 2 amide bonds. The summed E-state index contributed by atoms with van der Waals surface area (Å²) in [6.45, 7) is 5.75. The van der Waals surface area contributed by atoms with Crippen LogP contribution in [0.15, 0.2) is 42.5 Å². The molecule has 1 N–H and O–H groups in total. The Balaban J connectivity index is 2.15. The number of nitrogens with one attached hydrogen (secondary N) is 1. The van der Waals surface area contributed by atoms with Crippen molar-refractivity contribution >= 4 is 23.4 Å². The number of aryl methyl sites for hydroxylation is 2. The lowest BCUT2D eigenvalue weighted by Crippen LogP contribution is -2.48. The summed E-state index contributed by atoms with van der Waals surface area (Å²) in [6.07, 6.45) is 0. The topological polar surface area (TPSA) is 58.6 Å². The highest BCUT2D eigenvalue weighted by atomic mass is 35.5. The second kappa shape index (κ2) is 9.42. The van der Waals surface area contributed by atoms with Gasteiger partial charge in [0.1, 0.15) is 11.8 Å². The van der Waals surface area contributed by atoms with Crippen molar-refractivity contribution in [2.45, 2.75) is 33.4 Å². The van der Waals surface area contributed by atoms with Gasteiger partial charge in [0.05, 0.1) is 0 Å². The minimum atomic E-state index is -0.635. The summed E-state index contributed by atoms with van der Waals surface area (Å²) in [6, 6.07) is 12.4. The molecule has 0 spiro atoms. The van der Waals surface area contributed by atoms with Crippen molar-refractivity contribution in [3.05, 3.63) is 64.2 Å². The van der Waals surface area contributed by atoms with Gasteiger partial charge < -0.3 is 15.0 Å². The van der Waals surface area contributed by atoms with Crippen LogP contribution in [-0.2, 0) is 16.1 Å². The van der Waals surface area contributed by atoms with Gasteiger partial charge in [-0.05, 0) is 50.1 Å². The molecule has 0 aliphatic heterocycles. The normalized spacial score (nSPS) is 11.6. The fraction of sp³-hybridized carbons (Fsp3) is 0.333. The highest BCUT2D eigenvalue weighted by Crippen LogP contribution is 2.19. The predicted octanol–water partition coefficient (Wildman–Crippen LogP) is 3.50. The molecule has 0 aromatic heterocycles. The zero-order valence-corrected chi connectivity index (χ0v) is 16.8. The minimum Gasteiger partial charge on any atom is -0.483 e. The Morgan fingerprint density at radius 1 is 1.19 bits per heavy atom. The van der Waals surface area contributed by atoms with Gasteiger partial charge in [-0.3, -0.25) is 9.59 Å². The number of ether oxygens (including phenoxy) is 1. The van der Waals surface area contributed by atoms with Crippen LogP contribution >= 0.6 is 11.6 Å². The molecule has 0 saturated carbocycles. The third-order valence-electron chi connectivity index (χ3n) is 4.34. The van der Waals surface area contributed by atoms with E-state index in [1.54, 1.807) is 26.1 Å². The quantitative estimate of drug-likeness (QED) is 0.789. The van der Waals surface area contributed by atoms with Crippen LogP contribution in [0.5, 0.6) is 5.75 Å². The first-order valence-corrected chi connectivity index (χ1v) is 9.15. The lowest BCUT2D eigenvalue weighted by Gasteiger charge is -2.28. The molecule has 0 bridgehead atoms. The molecule has 0 aliphatic carbocycles. The summed E-state index contributed by atoms with van der Waals surface area (Å²) >= 11 is 6.04. The average Bonchev–Trinajstić information content (AvgIpc) is 2.64. The van der Waals surface area contributed by atoms with E-state index in [-0.39, 0.29) is 25.0 Å². The number of rotatable bonds is 7. The molecule has 0 aliphatic rings. The summed E-state index contributed by atoms with van der Waals surface area (Å²) in [5.74, 6) is 0.146. The first-order chi connectivity index (χ1) is 12.8. The van der Waals surface area contributed by atoms with E-state index in [1.807, 2.05) is 44.2 Å². The Labute approximate surface area is 165 Å². The zero-order valence-electron chi connectivity index (χ0n) is 16.1. The summed E-state index contributed by atoms with van der Waals surface area (Å²) in [7, 11) is 1.55. The van der Waals surface area contributed by atoms with Crippen molar-refractivity contribution in [3.8, 4) is 5.75 Å². The van der Waals surface area contributed by atoms with Gasteiger partial charge in [0, 0.05) is 18.6 Å². The molecule has 0 fully saturated rings. The lowest BCUT2D eigenvalue weighted by atomic mass is 10.1. The number of halogens is 1. The number of carbonyl (C=O) groups is 2. The standard InChI is InChI=1S/C21H25ClN2O3/c1-14-8-9-19(15(2)10-14)27-13-20(25)24(16(3)21(26)23-4)12-17-6-5-7-18(22)11-17/h5-11,16H,12-13H2,1-4H3,(H,23,26)/t16-/m1/s1. The highest BCUT2D eigenvalue weighted by Gasteiger charge is 2.26. The average molecular weight is 389 g/mol. The highest BCUT2D eigenvalue weighted by molar-refractivity contribution is 6.30. The number of nitrogens with zero attached hydrogens (tertiary/aromatic N) is 1. The molecule has 5 nitrogen and oxygen atoms in total. The summed E-state index contributed by atoms with van der Waals surface area (Å²) in [5.41, 5.74) is 2.93. The van der Waals surface area contributed by atoms with Crippen LogP contribution in [-0.4, -0.2) is 36.4 Å². The third kappa shape index (κ3) is 5.73. The van der Waals surface area contributed by atoms with Gasteiger partial charge in [-0.15, -0.1) is 0 Å². The molecule has 0 saturated heterocycles. The van der Waals surface area contributed by atoms with Crippen molar-refractivity contribution in [1.82, 2.24) is 10.2 Å². The predicted molar refractivity (Wildman–Crippen MR) is 107 cm³/mol. The Bertz CT molecular complexity index is 823. The van der Waals surface area contributed by atoms with E-state index < -0.39 is 6.04 Å². The number of hydrogen-bond donors (Lipinski definition) is 1. The molecule has 0 unspecified atom stereocenters. The second-order valence-corrected chi connectivity index (χ2v) is 6.94. The maximum absolute atomic E-state index is 12.8. The van der Waals surface area contributed by atoms with Crippen molar-refractivity contribution in [2.75, 3.05) is 13.7 Å². The number of hydrogen-bond acceptors (Lipinski definition) is 3. The lowest BCUT2D eigenvalue weighted by molar-refractivity contribution is -0.142. The van der Waals surface area contributed by atoms with E-state index in [0.717, 1.165) is 16.7 Å². The van der Waals surface area contributed by atoms with Crippen LogP contribution in [0, 0.1) is 13.8 Å².